The Hall–Kier alpha value is -2.08. The zero-order chi connectivity index (χ0) is 12.3. The molecule has 0 saturated heterocycles. The largest absolute Gasteiger partial charge is 0.0610 e. The van der Waals surface area contributed by atoms with Gasteiger partial charge in [-0.1, -0.05) is 48.5 Å². The molecule has 0 amide bonds. The van der Waals surface area contributed by atoms with Crippen LogP contribution in [0.5, 0.6) is 0 Å². The molecule has 0 aliphatic rings. The first kappa shape index (κ1) is 9.90. The van der Waals surface area contributed by atoms with Crippen molar-refractivity contribution >= 4 is 32.3 Å². The van der Waals surface area contributed by atoms with Crippen molar-refractivity contribution in [3.05, 3.63) is 59.7 Å². The van der Waals surface area contributed by atoms with Crippen molar-refractivity contribution in [2.24, 2.45) is 0 Å². The standard InChI is InChI=1S/C18H14/c1-11-6-7-14-9-8-13-4-3-5-15-12(2)10-16(11)18(14)17(13)15/h3-10H,1-2H3. The molecule has 0 aliphatic carbocycles. The lowest BCUT2D eigenvalue weighted by molar-refractivity contribution is 1.51. The minimum Gasteiger partial charge on any atom is -0.0610 e. The number of hydrogen-bond donors (Lipinski definition) is 0. The summed E-state index contributed by atoms with van der Waals surface area (Å²) in [4.78, 5) is 0. The summed E-state index contributed by atoms with van der Waals surface area (Å²) in [6, 6.07) is 17.9. The van der Waals surface area contributed by atoms with E-state index in [4.69, 9.17) is 0 Å². The van der Waals surface area contributed by atoms with Crippen LogP contribution in [0, 0.1) is 13.8 Å². The Morgan fingerprint density at radius 3 is 2.11 bits per heavy atom. The summed E-state index contributed by atoms with van der Waals surface area (Å²) in [7, 11) is 0. The minimum absolute atomic E-state index is 1.35. The highest BCUT2D eigenvalue weighted by molar-refractivity contribution is 6.24. The topological polar surface area (TPSA) is 0 Å². The molecule has 0 N–H and O–H groups in total. The maximum absolute atomic E-state index is 2.33. The summed E-state index contributed by atoms with van der Waals surface area (Å²) in [5, 5.41) is 8.33. The molecule has 4 rings (SSSR count). The van der Waals surface area contributed by atoms with E-state index in [0.29, 0.717) is 0 Å². The van der Waals surface area contributed by atoms with Gasteiger partial charge in [-0.2, -0.15) is 0 Å². The third kappa shape index (κ3) is 1.10. The summed E-state index contributed by atoms with van der Waals surface area (Å²) >= 11 is 0. The predicted molar refractivity (Wildman–Crippen MR) is 79.6 cm³/mol. The molecule has 0 aliphatic heterocycles. The molecule has 0 unspecified atom stereocenters. The monoisotopic (exact) mass is 230 g/mol. The van der Waals surface area contributed by atoms with E-state index in [1.807, 2.05) is 0 Å². The highest BCUT2D eigenvalue weighted by Gasteiger charge is 2.10. The molecule has 86 valence electrons. The van der Waals surface area contributed by atoms with Gasteiger partial charge in [-0.05, 0) is 57.3 Å². The van der Waals surface area contributed by atoms with Crippen LogP contribution in [0.15, 0.2) is 48.5 Å². The van der Waals surface area contributed by atoms with Gasteiger partial charge in [0.25, 0.3) is 0 Å². The van der Waals surface area contributed by atoms with Gasteiger partial charge in [-0.15, -0.1) is 0 Å². The summed E-state index contributed by atoms with van der Waals surface area (Å²) < 4.78 is 0. The summed E-state index contributed by atoms with van der Waals surface area (Å²) in [6.07, 6.45) is 0. The van der Waals surface area contributed by atoms with Gasteiger partial charge in [0.05, 0.1) is 0 Å². The molecular weight excluding hydrogens is 216 g/mol. The van der Waals surface area contributed by atoms with Gasteiger partial charge in [-0.25, -0.2) is 0 Å². The number of rotatable bonds is 0. The van der Waals surface area contributed by atoms with Crippen LogP contribution in [-0.2, 0) is 0 Å². The lowest BCUT2D eigenvalue weighted by Crippen LogP contribution is -1.88. The second-order valence-electron chi connectivity index (χ2n) is 5.19. The Kier molecular flexibility index (Phi) is 1.78. The van der Waals surface area contributed by atoms with Crippen molar-refractivity contribution in [1.82, 2.24) is 0 Å². The third-order valence-electron chi connectivity index (χ3n) is 4.07. The Labute approximate surface area is 106 Å². The van der Waals surface area contributed by atoms with Gasteiger partial charge < -0.3 is 0 Å². The van der Waals surface area contributed by atoms with Gasteiger partial charge in [0.1, 0.15) is 0 Å². The fraction of sp³-hybridized carbons (Fsp3) is 0.111. The molecule has 0 fully saturated rings. The zero-order valence-electron chi connectivity index (χ0n) is 10.6. The SMILES string of the molecule is Cc1cc2c(C)ccc3ccc4cccc1c4c32. The maximum atomic E-state index is 2.33. The lowest BCUT2D eigenvalue weighted by atomic mass is 9.90. The summed E-state index contributed by atoms with van der Waals surface area (Å²) in [5.41, 5.74) is 2.73. The van der Waals surface area contributed by atoms with E-state index >= 15 is 0 Å². The van der Waals surface area contributed by atoms with E-state index in [2.05, 4.69) is 62.4 Å². The van der Waals surface area contributed by atoms with Crippen molar-refractivity contribution in [1.29, 1.82) is 0 Å². The van der Waals surface area contributed by atoms with Gasteiger partial charge in [-0.3, -0.25) is 0 Å². The predicted octanol–water partition coefficient (Wildman–Crippen LogP) is 5.20. The first-order valence-electron chi connectivity index (χ1n) is 6.39. The molecule has 0 radical (unpaired) electrons. The smallest absolute Gasteiger partial charge is 0.00239 e. The van der Waals surface area contributed by atoms with Gasteiger partial charge >= 0.3 is 0 Å². The van der Waals surface area contributed by atoms with Crippen LogP contribution < -0.4 is 0 Å². The van der Waals surface area contributed by atoms with Gasteiger partial charge in [0.15, 0.2) is 0 Å². The molecule has 4 aromatic rings. The molecule has 0 spiro atoms. The first-order chi connectivity index (χ1) is 8.75. The molecule has 4 aromatic carbocycles. The van der Waals surface area contributed by atoms with Crippen LogP contribution in [-0.4, -0.2) is 0 Å². The maximum Gasteiger partial charge on any atom is -0.00239 e. The molecule has 0 heterocycles. The van der Waals surface area contributed by atoms with Crippen molar-refractivity contribution in [2.45, 2.75) is 13.8 Å². The van der Waals surface area contributed by atoms with E-state index in [9.17, 15) is 0 Å². The first-order valence-corrected chi connectivity index (χ1v) is 6.39. The Morgan fingerprint density at radius 1 is 0.611 bits per heavy atom. The highest BCUT2D eigenvalue weighted by Crippen LogP contribution is 2.37. The fourth-order valence-electron chi connectivity index (χ4n) is 3.13. The average molecular weight is 230 g/mol. The second kappa shape index (κ2) is 3.23. The van der Waals surface area contributed by atoms with E-state index < -0.39 is 0 Å². The Morgan fingerprint density at radius 2 is 1.28 bits per heavy atom. The van der Waals surface area contributed by atoms with Crippen LogP contribution >= 0.6 is 0 Å². The highest BCUT2D eigenvalue weighted by atomic mass is 14.1. The number of aryl methyl sites for hydroxylation is 2. The van der Waals surface area contributed by atoms with Crippen LogP contribution in [0.1, 0.15) is 11.1 Å². The minimum atomic E-state index is 1.35. The molecule has 0 saturated carbocycles. The van der Waals surface area contributed by atoms with E-state index in [1.165, 1.54) is 43.4 Å². The van der Waals surface area contributed by atoms with E-state index in [0.717, 1.165) is 0 Å². The molecule has 0 atom stereocenters. The van der Waals surface area contributed by atoms with Crippen LogP contribution in [0.4, 0.5) is 0 Å². The van der Waals surface area contributed by atoms with Crippen molar-refractivity contribution in [3.8, 4) is 0 Å². The normalized spacial score (nSPS) is 11.9. The van der Waals surface area contributed by atoms with Crippen molar-refractivity contribution < 1.29 is 0 Å². The van der Waals surface area contributed by atoms with Crippen LogP contribution in [0.3, 0.4) is 0 Å². The molecule has 0 bridgehead atoms. The second-order valence-corrected chi connectivity index (χ2v) is 5.19. The van der Waals surface area contributed by atoms with E-state index in [-0.39, 0.29) is 0 Å². The lowest BCUT2D eigenvalue weighted by Gasteiger charge is -2.14. The molecule has 0 nitrogen and oxygen atoms in total. The molecule has 0 heteroatoms. The van der Waals surface area contributed by atoms with Crippen LogP contribution in [0.25, 0.3) is 32.3 Å². The van der Waals surface area contributed by atoms with Gasteiger partial charge in [0, 0.05) is 0 Å². The van der Waals surface area contributed by atoms with Crippen molar-refractivity contribution in [2.75, 3.05) is 0 Å². The third-order valence-corrected chi connectivity index (χ3v) is 4.07. The Bertz CT molecular complexity index is 869. The summed E-state index contributed by atoms with van der Waals surface area (Å²) in [5.74, 6) is 0. The van der Waals surface area contributed by atoms with Crippen molar-refractivity contribution in [3.63, 3.8) is 0 Å². The molecule has 0 aromatic heterocycles. The molecular formula is C18H14. The number of hydrogen-bond acceptors (Lipinski definition) is 0. The summed E-state index contributed by atoms with van der Waals surface area (Å²) in [6.45, 7) is 4.41. The number of benzene rings is 4. The average Bonchev–Trinajstić information content (AvgIpc) is 2.40. The zero-order valence-corrected chi connectivity index (χ0v) is 10.6. The molecule has 18 heavy (non-hydrogen) atoms. The quantitative estimate of drug-likeness (QED) is 0.364. The van der Waals surface area contributed by atoms with Gasteiger partial charge in [0.2, 0.25) is 0 Å². The fourth-order valence-corrected chi connectivity index (χ4v) is 3.13. The Balaban J connectivity index is 2.49. The van der Waals surface area contributed by atoms with Crippen LogP contribution in [0.2, 0.25) is 0 Å². The van der Waals surface area contributed by atoms with E-state index in [1.54, 1.807) is 0 Å².